The number of carboxylic acid groups (broad SMARTS) is 1. The average molecular weight is 291 g/mol. The van der Waals surface area contributed by atoms with Crippen molar-refractivity contribution in [3.8, 4) is 0 Å². The first-order chi connectivity index (χ1) is 9.66. The zero-order valence-electron chi connectivity index (χ0n) is 11.3. The van der Waals surface area contributed by atoms with Crippen molar-refractivity contribution in [3.05, 3.63) is 23.3 Å². The SMILES string of the molecule is CC1CCCCN1c1nc2sccn2c1/C=C/C(=O)O. The summed E-state index contributed by atoms with van der Waals surface area (Å²) in [5, 5.41) is 10.8. The summed E-state index contributed by atoms with van der Waals surface area (Å²) in [4.78, 5) is 18.7. The van der Waals surface area contributed by atoms with Gasteiger partial charge in [-0.1, -0.05) is 0 Å². The van der Waals surface area contributed by atoms with Crippen molar-refractivity contribution in [3.63, 3.8) is 0 Å². The lowest BCUT2D eigenvalue weighted by atomic mass is 10.0. The molecule has 0 amide bonds. The smallest absolute Gasteiger partial charge is 0.328 e. The monoisotopic (exact) mass is 291 g/mol. The van der Waals surface area contributed by atoms with Crippen LogP contribution in [0.15, 0.2) is 17.7 Å². The molecule has 0 spiro atoms. The van der Waals surface area contributed by atoms with Crippen LogP contribution in [0, 0.1) is 0 Å². The van der Waals surface area contributed by atoms with Gasteiger partial charge in [0.25, 0.3) is 0 Å². The summed E-state index contributed by atoms with van der Waals surface area (Å²) < 4.78 is 1.96. The Kier molecular flexibility index (Phi) is 3.48. The molecule has 2 aromatic heterocycles. The second-order valence-corrected chi connectivity index (χ2v) is 5.96. The minimum absolute atomic E-state index is 0.449. The summed E-state index contributed by atoms with van der Waals surface area (Å²) in [5.41, 5.74) is 0.859. The molecule has 1 N–H and O–H groups in total. The Morgan fingerprint density at radius 2 is 2.40 bits per heavy atom. The second kappa shape index (κ2) is 5.28. The van der Waals surface area contributed by atoms with Gasteiger partial charge in [-0.2, -0.15) is 0 Å². The largest absolute Gasteiger partial charge is 0.478 e. The van der Waals surface area contributed by atoms with Crippen molar-refractivity contribution in [1.82, 2.24) is 9.38 Å². The van der Waals surface area contributed by atoms with E-state index in [1.165, 1.54) is 12.5 Å². The van der Waals surface area contributed by atoms with E-state index >= 15 is 0 Å². The molecule has 5 nitrogen and oxygen atoms in total. The van der Waals surface area contributed by atoms with E-state index in [4.69, 9.17) is 5.11 Å². The molecule has 1 aliphatic heterocycles. The zero-order valence-corrected chi connectivity index (χ0v) is 12.1. The molecular formula is C14H17N3O2S. The van der Waals surface area contributed by atoms with Crippen molar-refractivity contribution >= 4 is 34.2 Å². The van der Waals surface area contributed by atoms with E-state index in [1.54, 1.807) is 17.4 Å². The maximum atomic E-state index is 10.8. The van der Waals surface area contributed by atoms with Gasteiger partial charge >= 0.3 is 5.97 Å². The predicted molar refractivity (Wildman–Crippen MR) is 80.4 cm³/mol. The normalized spacial score (nSPS) is 20.1. The van der Waals surface area contributed by atoms with Crippen molar-refractivity contribution in [2.24, 2.45) is 0 Å². The first-order valence-corrected chi connectivity index (χ1v) is 7.68. The molecule has 0 aliphatic carbocycles. The first kappa shape index (κ1) is 13.2. The molecule has 6 heteroatoms. The van der Waals surface area contributed by atoms with E-state index in [0.29, 0.717) is 6.04 Å². The van der Waals surface area contributed by atoms with Crippen LogP contribution in [0.1, 0.15) is 31.9 Å². The topological polar surface area (TPSA) is 57.8 Å². The number of rotatable bonds is 3. The highest BCUT2D eigenvalue weighted by atomic mass is 32.1. The number of carboxylic acids is 1. The van der Waals surface area contributed by atoms with Crippen molar-refractivity contribution < 1.29 is 9.90 Å². The fourth-order valence-electron chi connectivity index (χ4n) is 2.72. The Balaban J connectivity index is 2.06. The maximum absolute atomic E-state index is 10.8. The van der Waals surface area contributed by atoms with E-state index in [9.17, 15) is 4.79 Å². The summed E-state index contributed by atoms with van der Waals surface area (Å²) in [5.74, 6) is -0.0330. The van der Waals surface area contributed by atoms with Crippen molar-refractivity contribution in [2.75, 3.05) is 11.4 Å². The number of carbonyl (C=O) groups is 1. The minimum atomic E-state index is -0.937. The number of nitrogens with zero attached hydrogens (tertiary/aromatic N) is 3. The third-order valence-electron chi connectivity index (χ3n) is 3.74. The number of aliphatic carboxylic acids is 1. The highest BCUT2D eigenvalue weighted by molar-refractivity contribution is 7.15. The van der Waals surface area contributed by atoms with Gasteiger partial charge in [-0.25, -0.2) is 9.78 Å². The molecule has 2 aromatic rings. The van der Waals surface area contributed by atoms with E-state index in [0.717, 1.165) is 35.9 Å². The standard InChI is InChI=1S/C14H17N3O2S/c1-10-4-2-3-7-16(10)13-11(5-6-12(18)19)17-8-9-20-14(17)15-13/h5-6,8-10H,2-4,7H2,1H3,(H,18,19)/b6-5+. The molecule has 3 rings (SSSR count). The van der Waals surface area contributed by atoms with Crippen LogP contribution in [0.3, 0.4) is 0 Å². The lowest BCUT2D eigenvalue weighted by Crippen LogP contribution is -2.38. The molecule has 106 valence electrons. The number of fused-ring (bicyclic) bond motifs is 1. The number of aromatic nitrogens is 2. The van der Waals surface area contributed by atoms with Crippen LogP contribution in [-0.2, 0) is 4.79 Å². The van der Waals surface area contributed by atoms with Crippen molar-refractivity contribution in [2.45, 2.75) is 32.2 Å². The van der Waals surface area contributed by atoms with Gasteiger partial charge in [-0.15, -0.1) is 11.3 Å². The fraction of sp³-hybridized carbons (Fsp3) is 0.429. The number of hydrogen-bond donors (Lipinski definition) is 1. The van der Waals surface area contributed by atoms with Crippen LogP contribution in [-0.4, -0.2) is 33.0 Å². The predicted octanol–water partition coefficient (Wildman–Crippen LogP) is 2.87. The van der Waals surface area contributed by atoms with E-state index in [2.05, 4.69) is 16.8 Å². The van der Waals surface area contributed by atoms with Gasteiger partial charge in [-0.05, 0) is 32.3 Å². The molecule has 1 aliphatic rings. The van der Waals surface area contributed by atoms with Crippen molar-refractivity contribution in [1.29, 1.82) is 0 Å². The molecule has 3 heterocycles. The highest BCUT2D eigenvalue weighted by Gasteiger charge is 2.24. The van der Waals surface area contributed by atoms with Crippen LogP contribution in [0.4, 0.5) is 5.82 Å². The lowest BCUT2D eigenvalue weighted by Gasteiger charge is -2.34. The van der Waals surface area contributed by atoms with Crippen LogP contribution < -0.4 is 4.90 Å². The Morgan fingerprint density at radius 3 is 3.15 bits per heavy atom. The fourth-order valence-corrected chi connectivity index (χ4v) is 3.44. The molecule has 1 unspecified atom stereocenters. The maximum Gasteiger partial charge on any atom is 0.328 e. The number of piperidine rings is 1. The number of anilines is 1. The molecule has 0 radical (unpaired) electrons. The quantitative estimate of drug-likeness (QED) is 0.883. The number of thiazole rings is 1. The van der Waals surface area contributed by atoms with Crippen LogP contribution >= 0.6 is 11.3 Å². The summed E-state index contributed by atoms with van der Waals surface area (Å²) in [6, 6.07) is 0.449. The summed E-state index contributed by atoms with van der Waals surface area (Å²) in [6.45, 7) is 3.19. The molecule has 20 heavy (non-hydrogen) atoms. The first-order valence-electron chi connectivity index (χ1n) is 6.80. The van der Waals surface area contributed by atoms with Crippen LogP contribution in [0.2, 0.25) is 0 Å². The summed E-state index contributed by atoms with van der Waals surface area (Å²) >= 11 is 1.57. The van der Waals surface area contributed by atoms with Gasteiger partial charge in [0.2, 0.25) is 0 Å². The number of hydrogen-bond acceptors (Lipinski definition) is 4. The second-order valence-electron chi connectivity index (χ2n) is 5.09. The summed E-state index contributed by atoms with van der Waals surface area (Å²) in [7, 11) is 0. The van der Waals surface area contributed by atoms with Crippen LogP contribution in [0.25, 0.3) is 11.0 Å². The molecular weight excluding hydrogens is 274 g/mol. The Hall–Kier alpha value is -1.82. The Morgan fingerprint density at radius 1 is 1.55 bits per heavy atom. The van der Waals surface area contributed by atoms with E-state index in [1.807, 2.05) is 16.0 Å². The molecule has 1 saturated heterocycles. The van der Waals surface area contributed by atoms with Crippen LogP contribution in [0.5, 0.6) is 0 Å². The summed E-state index contributed by atoms with van der Waals surface area (Å²) in [6.07, 6.45) is 8.34. The number of imidazole rings is 1. The minimum Gasteiger partial charge on any atom is -0.478 e. The van der Waals surface area contributed by atoms with Gasteiger partial charge in [-0.3, -0.25) is 4.40 Å². The zero-order chi connectivity index (χ0) is 14.1. The third-order valence-corrected chi connectivity index (χ3v) is 4.50. The molecule has 1 atom stereocenters. The van der Waals surface area contributed by atoms with E-state index in [-0.39, 0.29) is 0 Å². The average Bonchev–Trinajstić information content (AvgIpc) is 2.97. The molecule has 0 saturated carbocycles. The van der Waals surface area contributed by atoms with Gasteiger partial charge < -0.3 is 10.0 Å². The van der Waals surface area contributed by atoms with Gasteiger partial charge in [0.15, 0.2) is 10.8 Å². The Bertz CT molecular complexity index is 658. The third kappa shape index (κ3) is 2.31. The molecule has 0 bridgehead atoms. The van der Waals surface area contributed by atoms with Gasteiger partial charge in [0.1, 0.15) is 0 Å². The highest BCUT2D eigenvalue weighted by Crippen LogP contribution is 2.30. The van der Waals surface area contributed by atoms with Gasteiger partial charge in [0.05, 0.1) is 5.69 Å². The lowest BCUT2D eigenvalue weighted by molar-refractivity contribution is -0.131. The molecule has 1 fully saturated rings. The van der Waals surface area contributed by atoms with E-state index < -0.39 is 5.97 Å². The van der Waals surface area contributed by atoms with Gasteiger partial charge in [0, 0.05) is 30.2 Å². The molecule has 0 aromatic carbocycles. The Labute approximate surface area is 121 Å².